The second-order valence-corrected chi connectivity index (χ2v) is 9.30. The number of hydrogen-bond donors (Lipinski definition) is 1. The first-order valence-electron chi connectivity index (χ1n) is 10.9. The minimum Gasteiger partial charge on any atom is -0.381 e. The van der Waals surface area contributed by atoms with Gasteiger partial charge in [0.2, 0.25) is 5.91 Å². The van der Waals surface area contributed by atoms with Crippen LogP contribution < -0.4 is 0 Å². The third-order valence-electron chi connectivity index (χ3n) is 7.42. The quantitative estimate of drug-likeness (QED) is 0.846. The van der Waals surface area contributed by atoms with Crippen LogP contribution in [0.15, 0.2) is 12.4 Å². The lowest BCUT2D eigenvalue weighted by Gasteiger charge is -2.34. The Morgan fingerprint density at radius 1 is 1.29 bits per heavy atom. The third kappa shape index (κ3) is 3.84. The van der Waals surface area contributed by atoms with Crippen LogP contribution in [0, 0.1) is 11.3 Å². The summed E-state index contributed by atoms with van der Waals surface area (Å²) in [5, 5.41) is 6.71. The number of fused-ring (bicyclic) bond motifs is 1. The molecule has 4 aliphatic heterocycles. The fraction of sp³-hybridized carbons (Fsp3) is 0.810. The van der Waals surface area contributed by atoms with Crippen LogP contribution in [0.4, 0.5) is 0 Å². The summed E-state index contributed by atoms with van der Waals surface area (Å²) >= 11 is 0. The summed E-state index contributed by atoms with van der Waals surface area (Å²) in [6, 6.07) is 0. The first kappa shape index (κ1) is 18.6. The lowest BCUT2D eigenvalue weighted by molar-refractivity contribution is -0.135. The maximum Gasteiger partial charge on any atom is 0.227 e. The van der Waals surface area contributed by atoms with Crippen molar-refractivity contribution < 1.29 is 14.3 Å². The third-order valence-corrected chi connectivity index (χ3v) is 7.42. The zero-order valence-electron chi connectivity index (χ0n) is 16.6. The van der Waals surface area contributed by atoms with Gasteiger partial charge in [-0.05, 0) is 55.5 Å². The monoisotopic (exact) mass is 388 g/mol. The van der Waals surface area contributed by atoms with Crippen LogP contribution in [0.25, 0.3) is 0 Å². The first-order valence-corrected chi connectivity index (χ1v) is 10.9. The Morgan fingerprint density at radius 3 is 3.00 bits per heavy atom. The van der Waals surface area contributed by atoms with Crippen molar-refractivity contribution in [3.05, 3.63) is 18.0 Å². The molecule has 154 valence electrons. The Morgan fingerprint density at radius 2 is 2.18 bits per heavy atom. The topological polar surface area (TPSA) is 70.7 Å². The Labute approximate surface area is 166 Å². The summed E-state index contributed by atoms with van der Waals surface area (Å²) in [5.41, 5.74) is 1.45. The molecule has 1 aromatic rings. The molecule has 3 atom stereocenters. The van der Waals surface area contributed by atoms with Crippen LogP contribution in [0.5, 0.6) is 0 Å². The molecule has 4 aliphatic rings. The van der Waals surface area contributed by atoms with E-state index in [9.17, 15) is 4.79 Å². The van der Waals surface area contributed by atoms with Crippen molar-refractivity contribution in [1.82, 2.24) is 20.0 Å². The highest BCUT2D eigenvalue weighted by atomic mass is 16.5. The predicted octanol–water partition coefficient (Wildman–Crippen LogP) is 1.46. The number of carbonyl (C=O) groups is 1. The standard InChI is InChI=1S/C21H32N4O3/c26-20(9-16-11-22-23-12-16)25-5-1-17-10-18(28-19(17)14-25)13-24-6-2-21(15-24)3-7-27-8-4-21/h11-12,17-19H,1-10,13-15H2,(H,22,23)/t17-,18?,19-/m0/s1. The van der Waals surface area contributed by atoms with Crippen molar-refractivity contribution in [1.29, 1.82) is 0 Å². The minimum absolute atomic E-state index is 0.188. The number of rotatable bonds is 4. The normalized spacial score (nSPS) is 32.7. The molecule has 0 bridgehead atoms. The molecule has 1 unspecified atom stereocenters. The molecule has 7 heteroatoms. The average molecular weight is 389 g/mol. The molecule has 0 saturated carbocycles. The largest absolute Gasteiger partial charge is 0.381 e. The van der Waals surface area contributed by atoms with Crippen molar-refractivity contribution in [2.24, 2.45) is 11.3 Å². The number of likely N-dealkylation sites (tertiary alicyclic amines) is 2. The predicted molar refractivity (Wildman–Crippen MR) is 104 cm³/mol. The number of amides is 1. The summed E-state index contributed by atoms with van der Waals surface area (Å²) < 4.78 is 12.0. The Kier molecular flexibility index (Phi) is 5.15. The number of nitrogens with one attached hydrogen (secondary N) is 1. The smallest absolute Gasteiger partial charge is 0.227 e. The fourth-order valence-electron chi connectivity index (χ4n) is 5.72. The van der Waals surface area contributed by atoms with Crippen LogP contribution in [0.3, 0.4) is 0 Å². The summed E-state index contributed by atoms with van der Waals surface area (Å²) in [6.07, 6.45) is 10.5. The van der Waals surface area contributed by atoms with Gasteiger partial charge in [-0.1, -0.05) is 0 Å². The van der Waals surface area contributed by atoms with Crippen LogP contribution in [0.1, 0.15) is 37.7 Å². The van der Waals surface area contributed by atoms with Gasteiger partial charge >= 0.3 is 0 Å². The highest BCUT2D eigenvalue weighted by Crippen LogP contribution is 2.41. The molecule has 0 radical (unpaired) electrons. The van der Waals surface area contributed by atoms with Gasteiger partial charge in [-0.3, -0.25) is 9.89 Å². The van der Waals surface area contributed by atoms with Crippen molar-refractivity contribution in [3.8, 4) is 0 Å². The van der Waals surface area contributed by atoms with Gasteiger partial charge in [-0.15, -0.1) is 0 Å². The zero-order chi connectivity index (χ0) is 19.0. The van der Waals surface area contributed by atoms with E-state index >= 15 is 0 Å². The number of hydrogen-bond acceptors (Lipinski definition) is 5. The lowest BCUT2D eigenvalue weighted by atomic mass is 9.80. The van der Waals surface area contributed by atoms with Gasteiger partial charge < -0.3 is 19.3 Å². The molecule has 4 saturated heterocycles. The van der Waals surface area contributed by atoms with E-state index in [1.165, 1.54) is 32.4 Å². The number of piperidine rings is 1. The highest BCUT2D eigenvalue weighted by Gasteiger charge is 2.43. The maximum absolute atomic E-state index is 12.6. The van der Waals surface area contributed by atoms with Crippen LogP contribution in [-0.2, 0) is 20.7 Å². The number of H-pyrrole nitrogens is 1. The summed E-state index contributed by atoms with van der Waals surface area (Å²) in [6.45, 7) is 6.94. The molecule has 1 N–H and O–H groups in total. The number of carbonyl (C=O) groups excluding carboxylic acids is 1. The fourth-order valence-corrected chi connectivity index (χ4v) is 5.72. The number of ether oxygens (including phenoxy) is 2. The lowest BCUT2D eigenvalue weighted by Crippen LogP contribution is -2.46. The molecule has 1 aromatic heterocycles. The molecule has 0 aromatic carbocycles. The molecule has 4 fully saturated rings. The Hall–Kier alpha value is -1.44. The second kappa shape index (κ2) is 7.76. The SMILES string of the molecule is O=C(Cc1cn[nH]c1)N1CC[C@H]2CC(CN3CCC4(CCOCC4)C3)O[C@H]2C1. The maximum atomic E-state index is 12.6. The van der Waals surface area contributed by atoms with Crippen molar-refractivity contribution in [2.75, 3.05) is 45.9 Å². The molecule has 5 heterocycles. The summed E-state index contributed by atoms with van der Waals surface area (Å²) in [4.78, 5) is 17.2. The van der Waals surface area contributed by atoms with Crippen molar-refractivity contribution >= 4 is 5.91 Å². The van der Waals surface area contributed by atoms with E-state index < -0.39 is 0 Å². The Balaban J connectivity index is 1.11. The molecule has 1 amide bonds. The van der Waals surface area contributed by atoms with Gasteiger partial charge in [0.1, 0.15) is 0 Å². The van der Waals surface area contributed by atoms with Crippen molar-refractivity contribution in [2.45, 2.75) is 50.7 Å². The summed E-state index contributed by atoms with van der Waals surface area (Å²) in [5.74, 6) is 0.801. The van der Waals surface area contributed by atoms with Crippen LogP contribution in [0.2, 0.25) is 0 Å². The van der Waals surface area contributed by atoms with E-state index in [0.29, 0.717) is 23.9 Å². The Bertz CT molecular complexity index is 673. The molecule has 28 heavy (non-hydrogen) atoms. The highest BCUT2D eigenvalue weighted by molar-refractivity contribution is 5.78. The van der Waals surface area contributed by atoms with Gasteiger partial charge in [0.05, 0.1) is 24.8 Å². The second-order valence-electron chi connectivity index (χ2n) is 9.30. The molecule has 1 spiro atoms. The van der Waals surface area contributed by atoms with E-state index in [1.807, 2.05) is 4.90 Å². The van der Waals surface area contributed by atoms with E-state index in [1.54, 1.807) is 12.4 Å². The van der Waals surface area contributed by atoms with Gasteiger partial charge in [-0.2, -0.15) is 5.10 Å². The van der Waals surface area contributed by atoms with Crippen LogP contribution >= 0.6 is 0 Å². The van der Waals surface area contributed by atoms with E-state index in [0.717, 1.165) is 51.3 Å². The molecule has 0 aliphatic carbocycles. The molecule has 7 nitrogen and oxygen atoms in total. The number of aromatic amines is 1. The molecule has 5 rings (SSSR count). The molecular formula is C21H32N4O3. The first-order chi connectivity index (χ1) is 13.7. The minimum atomic E-state index is 0.188. The van der Waals surface area contributed by atoms with Gasteiger partial charge in [0.25, 0.3) is 0 Å². The summed E-state index contributed by atoms with van der Waals surface area (Å²) in [7, 11) is 0. The van der Waals surface area contributed by atoms with Gasteiger partial charge in [0.15, 0.2) is 0 Å². The van der Waals surface area contributed by atoms with E-state index in [-0.39, 0.29) is 12.0 Å². The van der Waals surface area contributed by atoms with Crippen LogP contribution in [-0.4, -0.2) is 84.0 Å². The van der Waals surface area contributed by atoms with E-state index in [2.05, 4.69) is 15.1 Å². The number of nitrogens with zero attached hydrogens (tertiary/aromatic N) is 3. The zero-order valence-corrected chi connectivity index (χ0v) is 16.6. The number of aromatic nitrogens is 2. The average Bonchev–Trinajstić information content (AvgIpc) is 3.43. The van der Waals surface area contributed by atoms with Gasteiger partial charge in [-0.25, -0.2) is 0 Å². The van der Waals surface area contributed by atoms with Gasteiger partial charge in [0, 0.05) is 45.6 Å². The molecular weight excluding hydrogens is 356 g/mol. The van der Waals surface area contributed by atoms with E-state index in [4.69, 9.17) is 9.47 Å². The van der Waals surface area contributed by atoms with Crippen molar-refractivity contribution in [3.63, 3.8) is 0 Å².